The van der Waals surface area contributed by atoms with Crippen molar-refractivity contribution < 1.29 is 4.74 Å². The van der Waals surface area contributed by atoms with Crippen molar-refractivity contribution >= 4 is 33.3 Å². The number of hydrogen-bond donors (Lipinski definition) is 1. The fourth-order valence-electron chi connectivity index (χ4n) is 2.24. The van der Waals surface area contributed by atoms with Crippen LogP contribution in [0.1, 0.15) is 6.42 Å². The second kappa shape index (κ2) is 7.96. The first-order valence-electron chi connectivity index (χ1n) is 7.14. The van der Waals surface area contributed by atoms with Gasteiger partial charge in [0.1, 0.15) is 11.9 Å². The van der Waals surface area contributed by atoms with Crippen LogP contribution in [0.5, 0.6) is 5.75 Å². The van der Waals surface area contributed by atoms with E-state index in [1.165, 1.54) is 0 Å². The lowest BCUT2D eigenvalue weighted by Gasteiger charge is -2.21. The third-order valence-corrected chi connectivity index (χ3v) is 4.26. The summed E-state index contributed by atoms with van der Waals surface area (Å²) in [5.41, 5.74) is 0. The maximum atomic E-state index is 6.01. The van der Waals surface area contributed by atoms with E-state index in [9.17, 15) is 0 Å². The molecular formula is C15H22BrN3OS. The molecule has 1 aliphatic heterocycles. The number of hydrogen-bond acceptors (Lipinski definition) is 3. The lowest BCUT2D eigenvalue weighted by Crippen LogP contribution is -2.41. The van der Waals surface area contributed by atoms with Crippen LogP contribution >= 0.6 is 28.1 Å². The van der Waals surface area contributed by atoms with Gasteiger partial charge in [0.15, 0.2) is 5.11 Å². The van der Waals surface area contributed by atoms with Gasteiger partial charge in [0.2, 0.25) is 0 Å². The molecule has 2 rings (SSSR count). The minimum Gasteiger partial charge on any atom is -0.488 e. The predicted molar refractivity (Wildman–Crippen MR) is 93.9 cm³/mol. The van der Waals surface area contributed by atoms with Gasteiger partial charge < -0.3 is 19.9 Å². The van der Waals surface area contributed by atoms with Crippen molar-refractivity contribution in [2.45, 2.75) is 12.5 Å². The molecule has 21 heavy (non-hydrogen) atoms. The van der Waals surface area contributed by atoms with E-state index in [4.69, 9.17) is 17.0 Å². The lowest BCUT2D eigenvalue weighted by atomic mass is 10.3. The van der Waals surface area contributed by atoms with E-state index in [2.05, 4.69) is 45.1 Å². The van der Waals surface area contributed by atoms with Crippen molar-refractivity contribution in [3.63, 3.8) is 0 Å². The molecular weight excluding hydrogens is 350 g/mol. The van der Waals surface area contributed by atoms with Gasteiger partial charge in [-0.2, -0.15) is 0 Å². The minimum atomic E-state index is 0.202. The molecule has 0 saturated carbocycles. The van der Waals surface area contributed by atoms with Crippen LogP contribution in [-0.2, 0) is 0 Å². The summed E-state index contributed by atoms with van der Waals surface area (Å²) in [6, 6.07) is 7.97. The normalized spacial score (nSPS) is 18.1. The highest BCUT2D eigenvalue weighted by Gasteiger charge is 2.25. The summed E-state index contributed by atoms with van der Waals surface area (Å²) >= 11 is 8.90. The molecule has 4 nitrogen and oxygen atoms in total. The number of likely N-dealkylation sites (tertiary alicyclic amines) is 1. The predicted octanol–water partition coefficient (Wildman–Crippen LogP) is 2.34. The summed E-state index contributed by atoms with van der Waals surface area (Å²) in [7, 11) is 4.12. The SMILES string of the molecule is CN(C)CCNC(=S)N1CCC(Oc2cccc(Br)c2)C1. The number of nitrogens with one attached hydrogen (secondary N) is 1. The number of rotatable bonds is 5. The van der Waals surface area contributed by atoms with Gasteiger partial charge in [-0.05, 0) is 44.5 Å². The van der Waals surface area contributed by atoms with Crippen molar-refractivity contribution in [2.24, 2.45) is 0 Å². The molecule has 0 bridgehead atoms. The van der Waals surface area contributed by atoms with Crippen LogP contribution in [0, 0.1) is 0 Å². The Hall–Kier alpha value is -0.850. The van der Waals surface area contributed by atoms with Crippen LogP contribution in [0.3, 0.4) is 0 Å². The average Bonchev–Trinajstić information content (AvgIpc) is 2.87. The number of ether oxygens (including phenoxy) is 1. The summed E-state index contributed by atoms with van der Waals surface area (Å²) < 4.78 is 7.05. The molecule has 1 aliphatic rings. The van der Waals surface area contributed by atoms with Crippen LogP contribution in [0.25, 0.3) is 0 Å². The van der Waals surface area contributed by atoms with Gasteiger partial charge in [-0.25, -0.2) is 0 Å². The van der Waals surface area contributed by atoms with Crippen LogP contribution in [0.4, 0.5) is 0 Å². The quantitative estimate of drug-likeness (QED) is 0.801. The second-order valence-electron chi connectivity index (χ2n) is 5.47. The van der Waals surface area contributed by atoms with E-state index in [-0.39, 0.29) is 6.10 Å². The topological polar surface area (TPSA) is 27.7 Å². The Morgan fingerprint density at radius 2 is 2.33 bits per heavy atom. The van der Waals surface area contributed by atoms with E-state index in [1.807, 2.05) is 24.3 Å². The molecule has 0 spiro atoms. The van der Waals surface area contributed by atoms with Crippen molar-refractivity contribution in [3.05, 3.63) is 28.7 Å². The Morgan fingerprint density at radius 1 is 1.52 bits per heavy atom. The number of likely N-dealkylation sites (N-methyl/N-ethyl adjacent to an activating group) is 1. The standard InChI is InChI=1S/C15H22BrN3OS/c1-18(2)9-7-17-15(21)19-8-6-14(11-19)20-13-5-3-4-12(16)10-13/h3-5,10,14H,6-9,11H2,1-2H3,(H,17,21). The van der Waals surface area contributed by atoms with Crippen LogP contribution < -0.4 is 10.1 Å². The third-order valence-electron chi connectivity index (χ3n) is 3.37. The molecule has 1 N–H and O–H groups in total. The van der Waals surface area contributed by atoms with Gasteiger partial charge in [-0.3, -0.25) is 0 Å². The first kappa shape index (κ1) is 16.5. The number of thiocarbonyl (C=S) groups is 1. The molecule has 0 radical (unpaired) electrons. The second-order valence-corrected chi connectivity index (χ2v) is 6.77. The molecule has 1 atom stereocenters. The summed E-state index contributed by atoms with van der Waals surface area (Å²) in [4.78, 5) is 4.33. The van der Waals surface area contributed by atoms with Gasteiger partial charge in [-0.1, -0.05) is 22.0 Å². The molecule has 1 aromatic rings. The zero-order valence-corrected chi connectivity index (χ0v) is 14.9. The van der Waals surface area contributed by atoms with E-state index >= 15 is 0 Å². The molecule has 1 saturated heterocycles. The highest BCUT2D eigenvalue weighted by Crippen LogP contribution is 2.22. The molecule has 0 amide bonds. The summed E-state index contributed by atoms with van der Waals surface area (Å²) in [5, 5.41) is 4.13. The van der Waals surface area contributed by atoms with E-state index in [0.717, 1.165) is 47.9 Å². The van der Waals surface area contributed by atoms with E-state index < -0.39 is 0 Å². The minimum absolute atomic E-state index is 0.202. The van der Waals surface area contributed by atoms with Gasteiger partial charge >= 0.3 is 0 Å². The van der Waals surface area contributed by atoms with Gasteiger partial charge in [0, 0.05) is 30.5 Å². The first-order chi connectivity index (χ1) is 10.0. The van der Waals surface area contributed by atoms with Crippen LogP contribution in [0.15, 0.2) is 28.7 Å². The lowest BCUT2D eigenvalue weighted by molar-refractivity contribution is 0.214. The Balaban J connectivity index is 1.76. The maximum absolute atomic E-state index is 6.01. The van der Waals surface area contributed by atoms with E-state index in [1.54, 1.807) is 0 Å². The largest absolute Gasteiger partial charge is 0.488 e. The third kappa shape index (κ3) is 5.45. The van der Waals surface area contributed by atoms with Crippen molar-refractivity contribution in [1.29, 1.82) is 0 Å². The average molecular weight is 372 g/mol. The van der Waals surface area contributed by atoms with Gasteiger partial charge in [0.05, 0.1) is 6.54 Å². The molecule has 1 fully saturated rings. The van der Waals surface area contributed by atoms with Gasteiger partial charge in [0.25, 0.3) is 0 Å². The molecule has 1 heterocycles. The highest BCUT2D eigenvalue weighted by atomic mass is 79.9. The summed E-state index contributed by atoms with van der Waals surface area (Å²) in [6.45, 7) is 3.65. The molecule has 1 unspecified atom stereocenters. The maximum Gasteiger partial charge on any atom is 0.169 e. The molecule has 6 heteroatoms. The van der Waals surface area contributed by atoms with Gasteiger partial charge in [-0.15, -0.1) is 0 Å². The summed E-state index contributed by atoms with van der Waals surface area (Å²) in [6.07, 6.45) is 1.20. The van der Waals surface area contributed by atoms with Crippen LogP contribution in [0.2, 0.25) is 0 Å². The number of nitrogens with zero attached hydrogens (tertiary/aromatic N) is 2. The molecule has 1 aromatic carbocycles. The Labute approximate surface area is 140 Å². The monoisotopic (exact) mass is 371 g/mol. The Kier molecular flexibility index (Phi) is 6.26. The van der Waals surface area contributed by atoms with Crippen molar-refractivity contribution in [2.75, 3.05) is 40.3 Å². The number of benzene rings is 1. The number of halogens is 1. The fourth-order valence-corrected chi connectivity index (χ4v) is 2.89. The van der Waals surface area contributed by atoms with Crippen LogP contribution in [-0.4, -0.2) is 61.3 Å². The molecule has 0 aliphatic carbocycles. The smallest absolute Gasteiger partial charge is 0.169 e. The summed E-state index contributed by atoms with van der Waals surface area (Å²) in [5.74, 6) is 0.905. The zero-order valence-electron chi connectivity index (χ0n) is 12.5. The zero-order chi connectivity index (χ0) is 15.2. The van der Waals surface area contributed by atoms with Crippen molar-refractivity contribution in [3.8, 4) is 5.75 Å². The molecule has 116 valence electrons. The fraction of sp³-hybridized carbons (Fsp3) is 0.533. The van der Waals surface area contributed by atoms with E-state index in [0.29, 0.717) is 0 Å². The first-order valence-corrected chi connectivity index (χ1v) is 8.34. The van der Waals surface area contributed by atoms with Crippen molar-refractivity contribution in [1.82, 2.24) is 15.1 Å². The Bertz CT molecular complexity index is 484. The highest BCUT2D eigenvalue weighted by molar-refractivity contribution is 9.10. The Morgan fingerprint density at radius 3 is 3.05 bits per heavy atom. The molecule has 0 aromatic heterocycles.